The van der Waals surface area contributed by atoms with Gasteiger partial charge in [-0.25, -0.2) is 13.2 Å². The third-order valence-corrected chi connectivity index (χ3v) is 8.84. The molecule has 1 atom stereocenters. The summed E-state index contributed by atoms with van der Waals surface area (Å²) in [6.07, 6.45) is 3.26. The lowest BCUT2D eigenvalue weighted by molar-refractivity contribution is 0.0528. The van der Waals surface area contributed by atoms with Crippen LogP contribution in [-0.4, -0.2) is 50.9 Å². The molecule has 8 nitrogen and oxygen atoms in total. The van der Waals surface area contributed by atoms with E-state index in [-0.39, 0.29) is 34.4 Å². The van der Waals surface area contributed by atoms with E-state index in [2.05, 4.69) is 5.32 Å². The lowest BCUT2D eigenvalue weighted by Crippen LogP contribution is -2.42. The Morgan fingerprint density at radius 2 is 1.97 bits per heavy atom. The molecule has 1 saturated heterocycles. The number of amides is 1. The summed E-state index contributed by atoms with van der Waals surface area (Å²) < 4.78 is 38.7. The van der Waals surface area contributed by atoms with E-state index in [1.54, 1.807) is 13.0 Å². The van der Waals surface area contributed by atoms with Crippen molar-refractivity contribution in [1.29, 1.82) is 0 Å². The first kappa shape index (κ1) is 25.2. The highest BCUT2D eigenvalue weighted by Crippen LogP contribution is 2.33. The summed E-state index contributed by atoms with van der Waals surface area (Å²) in [5.41, 5.74) is 0.441. The van der Waals surface area contributed by atoms with E-state index < -0.39 is 21.9 Å². The Balaban J connectivity index is 1.94. The number of nitrogens with one attached hydrogen (secondary N) is 1. The van der Waals surface area contributed by atoms with Gasteiger partial charge in [0.15, 0.2) is 0 Å². The standard InChI is InChI=1S/C23H30N2O6S2/c1-5-17-14-18(23(27)31-6-2)22(32-17)24-21(26)16-10-11-19(30-4)20(13-16)33(28,29)25-12-8-7-9-15(25)3/h10-11,13-15H,5-9,12H2,1-4H3,(H,24,26). The van der Waals surface area contributed by atoms with Crippen molar-refractivity contribution in [3.05, 3.63) is 40.3 Å². The number of anilines is 1. The Labute approximate surface area is 198 Å². The number of nitrogens with zero attached hydrogens (tertiary/aromatic N) is 1. The maximum Gasteiger partial charge on any atom is 0.341 e. The number of esters is 1. The van der Waals surface area contributed by atoms with Gasteiger partial charge >= 0.3 is 5.97 Å². The Kier molecular flexibility index (Phi) is 8.14. The normalized spacial score (nSPS) is 16.9. The van der Waals surface area contributed by atoms with Gasteiger partial charge in [0.1, 0.15) is 15.6 Å². The topological polar surface area (TPSA) is 102 Å². The number of benzene rings is 1. The molecule has 2 heterocycles. The summed E-state index contributed by atoms with van der Waals surface area (Å²) in [6, 6.07) is 5.90. The summed E-state index contributed by atoms with van der Waals surface area (Å²) in [5.74, 6) is -0.849. The van der Waals surface area contributed by atoms with Crippen LogP contribution in [0.1, 0.15) is 65.6 Å². The Morgan fingerprint density at radius 3 is 2.61 bits per heavy atom. The van der Waals surface area contributed by atoms with Crippen molar-refractivity contribution in [2.75, 3.05) is 25.6 Å². The number of methoxy groups -OCH3 is 1. The molecule has 1 aliphatic rings. The number of ether oxygens (including phenoxy) is 2. The van der Waals surface area contributed by atoms with Gasteiger partial charge in [0.05, 0.1) is 19.3 Å². The number of piperidine rings is 1. The van der Waals surface area contributed by atoms with Crippen LogP contribution in [0.2, 0.25) is 0 Å². The second-order valence-corrected chi connectivity index (χ2v) is 10.8. The van der Waals surface area contributed by atoms with E-state index >= 15 is 0 Å². The van der Waals surface area contributed by atoms with Crippen molar-refractivity contribution >= 4 is 38.2 Å². The van der Waals surface area contributed by atoms with E-state index in [0.717, 1.165) is 24.1 Å². The van der Waals surface area contributed by atoms with E-state index in [4.69, 9.17) is 9.47 Å². The van der Waals surface area contributed by atoms with Crippen molar-refractivity contribution in [2.24, 2.45) is 0 Å². The minimum atomic E-state index is -3.85. The molecule has 10 heteroatoms. The summed E-state index contributed by atoms with van der Waals surface area (Å²) in [6.45, 7) is 6.21. The van der Waals surface area contributed by atoms with Crippen LogP contribution in [0, 0.1) is 0 Å². The molecule has 180 valence electrons. The number of carbonyl (C=O) groups is 2. The fraction of sp³-hybridized carbons (Fsp3) is 0.478. The molecule has 1 aromatic heterocycles. The maximum atomic E-state index is 13.4. The average Bonchev–Trinajstić information content (AvgIpc) is 3.22. The summed E-state index contributed by atoms with van der Waals surface area (Å²) in [7, 11) is -2.45. The molecule has 1 amide bonds. The highest BCUT2D eigenvalue weighted by molar-refractivity contribution is 7.89. The van der Waals surface area contributed by atoms with Crippen LogP contribution in [0.25, 0.3) is 0 Å². The Bertz CT molecular complexity index is 1130. The molecule has 0 radical (unpaired) electrons. The first-order valence-corrected chi connectivity index (χ1v) is 13.3. The zero-order valence-corrected chi connectivity index (χ0v) is 21.0. The van der Waals surface area contributed by atoms with Gasteiger partial charge in [-0.2, -0.15) is 4.31 Å². The van der Waals surface area contributed by atoms with E-state index in [0.29, 0.717) is 18.0 Å². The fourth-order valence-corrected chi connectivity index (χ4v) is 6.68. The second-order valence-electron chi connectivity index (χ2n) is 7.81. The number of hydrogen-bond acceptors (Lipinski definition) is 7. The largest absolute Gasteiger partial charge is 0.495 e. The Morgan fingerprint density at radius 1 is 1.21 bits per heavy atom. The lowest BCUT2D eigenvalue weighted by atomic mass is 10.1. The molecule has 3 rings (SSSR count). The number of hydrogen-bond donors (Lipinski definition) is 1. The number of thiophene rings is 1. The fourth-order valence-electron chi connectivity index (χ4n) is 3.82. The van der Waals surface area contributed by atoms with Crippen LogP contribution >= 0.6 is 11.3 Å². The monoisotopic (exact) mass is 494 g/mol. The molecule has 33 heavy (non-hydrogen) atoms. The van der Waals surface area contributed by atoms with Crippen LogP contribution in [0.15, 0.2) is 29.2 Å². The van der Waals surface area contributed by atoms with Crippen LogP contribution in [0.3, 0.4) is 0 Å². The number of carbonyl (C=O) groups excluding carboxylic acids is 2. The maximum absolute atomic E-state index is 13.4. The highest BCUT2D eigenvalue weighted by atomic mass is 32.2. The van der Waals surface area contributed by atoms with Gasteiger partial charge in [-0.15, -0.1) is 11.3 Å². The molecule has 0 spiro atoms. The predicted molar refractivity (Wildman–Crippen MR) is 128 cm³/mol. The lowest BCUT2D eigenvalue weighted by Gasteiger charge is -2.32. The van der Waals surface area contributed by atoms with Crippen LogP contribution in [0.5, 0.6) is 5.75 Å². The van der Waals surface area contributed by atoms with E-state index in [9.17, 15) is 18.0 Å². The predicted octanol–water partition coefficient (Wildman–Crippen LogP) is 4.31. The van der Waals surface area contributed by atoms with Crippen molar-refractivity contribution in [3.63, 3.8) is 0 Å². The zero-order valence-electron chi connectivity index (χ0n) is 19.3. The van der Waals surface area contributed by atoms with Gasteiger partial charge < -0.3 is 14.8 Å². The molecule has 0 aliphatic carbocycles. The zero-order chi connectivity index (χ0) is 24.2. The van der Waals surface area contributed by atoms with Gasteiger partial charge in [0, 0.05) is 23.0 Å². The van der Waals surface area contributed by atoms with Crippen molar-refractivity contribution in [3.8, 4) is 5.75 Å². The smallest absolute Gasteiger partial charge is 0.341 e. The van der Waals surface area contributed by atoms with E-state index in [1.807, 2.05) is 13.8 Å². The minimum Gasteiger partial charge on any atom is -0.495 e. The number of sulfonamides is 1. The summed E-state index contributed by atoms with van der Waals surface area (Å²) in [5, 5.41) is 3.13. The first-order chi connectivity index (χ1) is 15.7. The van der Waals surface area contributed by atoms with Crippen molar-refractivity contribution in [2.45, 2.75) is 57.4 Å². The number of rotatable bonds is 8. The molecule has 1 N–H and O–H groups in total. The number of aryl methyl sites for hydroxylation is 1. The second kappa shape index (κ2) is 10.7. The SMILES string of the molecule is CCOC(=O)c1cc(CC)sc1NC(=O)c1ccc(OC)c(S(=O)(=O)N2CCCCC2C)c1. The molecule has 1 aromatic carbocycles. The third-order valence-electron chi connectivity index (χ3n) is 5.61. The molecular formula is C23H30N2O6S2. The van der Waals surface area contributed by atoms with E-state index in [1.165, 1.54) is 41.0 Å². The van der Waals surface area contributed by atoms with Crippen LogP contribution in [-0.2, 0) is 21.2 Å². The molecule has 0 bridgehead atoms. The van der Waals surface area contributed by atoms with Gasteiger partial charge in [-0.05, 0) is 57.4 Å². The van der Waals surface area contributed by atoms with Crippen LogP contribution < -0.4 is 10.1 Å². The third kappa shape index (κ3) is 5.39. The Hall–Kier alpha value is -2.43. The molecular weight excluding hydrogens is 464 g/mol. The first-order valence-electron chi connectivity index (χ1n) is 11.0. The van der Waals surface area contributed by atoms with Crippen molar-refractivity contribution in [1.82, 2.24) is 4.31 Å². The van der Waals surface area contributed by atoms with Crippen LogP contribution in [0.4, 0.5) is 5.00 Å². The summed E-state index contributed by atoms with van der Waals surface area (Å²) in [4.78, 5) is 26.3. The molecule has 1 aliphatic heterocycles. The van der Waals surface area contributed by atoms with Gasteiger partial charge in [-0.3, -0.25) is 4.79 Å². The highest BCUT2D eigenvalue weighted by Gasteiger charge is 2.33. The quantitative estimate of drug-likeness (QED) is 0.549. The summed E-state index contributed by atoms with van der Waals surface area (Å²) >= 11 is 1.29. The van der Waals surface area contributed by atoms with Crippen molar-refractivity contribution < 1.29 is 27.5 Å². The average molecular weight is 495 g/mol. The molecule has 1 fully saturated rings. The minimum absolute atomic E-state index is 0.0440. The molecule has 0 saturated carbocycles. The molecule has 1 unspecified atom stereocenters. The van der Waals surface area contributed by atoms with Gasteiger partial charge in [0.25, 0.3) is 5.91 Å². The van der Waals surface area contributed by atoms with Gasteiger partial charge in [-0.1, -0.05) is 13.3 Å². The molecule has 2 aromatic rings. The van der Waals surface area contributed by atoms with Gasteiger partial charge in [0.2, 0.25) is 10.0 Å².